The van der Waals surface area contributed by atoms with Crippen LogP contribution in [-0.2, 0) is 6.54 Å². The molecule has 18 heavy (non-hydrogen) atoms. The Morgan fingerprint density at radius 1 is 1.39 bits per heavy atom. The van der Waals surface area contributed by atoms with Crippen LogP contribution in [-0.4, -0.2) is 30.1 Å². The molecule has 0 amide bonds. The van der Waals surface area contributed by atoms with Gasteiger partial charge in [0.05, 0.1) is 12.9 Å². The van der Waals surface area contributed by atoms with E-state index in [1.807, 2.05) is 0 Å². The molecule has 0 unspecified atom stereocenters. The molecule has 3 rings (SSSR count). The molecule has 0 aromatic carbocycles. The molecule has 0 aliphatic rings. The average Bonchev–Trinajstić information content (AvgIpc) is 2.94. The van der Waals surface area contributed by atoms with E-state index in [0.717, 1.165) is 0 Å². The summed E-state index contributed by atoms with van der Waals surface area (Å²) < 4.78 is 4.99. The van der Waals surface area contributed by atoms with E-state index < -0.39 is 0 Å². The van der Waals surface area contributed by atoms with E-state index >= 15 is 0 Å². The van der Waals surface area contributed by atoms with Gasteiger partial charge in [0, 0.05) is 0 Å². The fourth-order valence-corrected chi connectivity index (χ4v) is 1.55. The number of hydrogen-bond donors (Lipinski definition) is 3. The van der Waals surface area contributed by atoms with Gasteiger partial charge >= 0.3 is 0 Å². The zero-order valence-corrected chi connectivity index (χ0v) is 9.51. The summed E-state index contributed by atoms with van der Waals surface area (Å²) in [5.74, 6) is 1.75. The maximum Gasteiger partial charge on any atom is 0.245 e. The molecular formula is C9H10N8O. The van der Waals surface area contributed by atoms with Crippen molar-refractivity contribution in [3.63, 3.8) is 0 Å². The van der Waals surface area contributed by atoms with Gasteiger partial charge in [-0.3, -0.25) is 0 Å². The third kappa shape index (κ3) is 1.81. The number of fused-ring (bicyclic) bond motifs is 1. The Balaban J connectivity index is 1.87. The van der Waals surface area contributed by atoms with Crippen LogP contribution < -0.4 is 11.1 Å². The summed E-state index contributed by atoms with van der Waals surface area (Å²) in [7, 11) is 0. The third-order valence-corrected chi connectivity index (χ3v) is 2.28. The smallest absolute Gasteiger partial charge is 0.245 e. The monoisotopic (exact) mass is 246 g/mol. The normalized spacial score (nSPS) is 10.9. The molecule has 3 heterocycles. The molecule has 4 N–H and O–H groups in total. The summed E-state index contributed by atoms with van der Waals surface area (Å²) in [6, 6.07) is 0. The van der Waals surface area contributed by atoms with Gasteiger partial charge in [0.25, 0.3) is 0 Å². The zero-order chi connectivity index (χ0) is 12.5. The SMILES string of the molecule is Cc1noc(CNc2nc(N)nc3nc[nH]c23)n1. The van der Waals surface area contributed by atoms with Gasteiger partial charge in [-0.2, -0.15) is 15.0 Å². The van der Waals surface area contributed by atoms with Gasteiger partial charge in [-0.1, -0.05) is 5.16 Å². The predicted molar refractivity (Wildman–Crippen MR) is 62.5 cm³/mol. The Hall–Kier alpha value is -2.71. The Kier molecular flexibility index (Phi) is 2.29. The number of anilines is 2. The highest BCUT2D eigenvalue weighted by Crippen LogP contribution is 2.17. The van der Waals surface area contributed by atoms with E-state index in [1.54, 1.807) is 6.92 Å². The van der Waals surface area contributed by atoms with Crippen molar-refractivity contribution in [1.82, 2.24) is 30.1 Å². The molecule has 0 fully saturated rings. The van der Waals surface area contributed by atoms with Crippen LogP contribution >= 0.6 is 0 Å². The number of H-pyrrole nitrogens is 1. The molecule has 0 aliphatic heterocycles. The maximum absolute atomic E-state index is 5.59. The second kappa shape index (κ2) is 3.95. The van der Waals surface area contributed by atoms with Crippen molar-refractivity contribution >= 4 is 22.9 Å². The fourth-order valence-electron chi connectivity index (χ4n) is 1.55. The van der Waals surface area contributed by atoms with Crippen LogP contribution in [0.5, 0.6) is 0 Å². The predicted octanol–water partition coefficient (Wildman–Crippen LogP) is 0.239. The van der Waals surface area contributed by atoms with Gasteiger partial charge in [-0.05, 0) is 6.92 Å². The molecule has 0 saturated carbocycles. The maximum atomic E-state index is 5.59. The number of aryl methyl sites for hydroxylation is 1. The number of nitrogens with one attached hydrogen (secondary N) is 2. The van der Waals surface area contributed by atoms with Gasteiger partial charge in [0.15, 0.2) is 17.3 Å². The average molecular weight is 246 g/mol. The summed E-state index contributed by atoms with van der Waals surface area (Å²) >= 11 is 0. The second-order valence-corrected chi connectivity index (χ2v) is 3.62. The minimum absolute atomic E-state index is 0.152. The molecule has 3 aromatic rings. The molecule has 92 valence electrons. The minimum atomic E-state index is 0.152. The number of nitrogens with zero attached hydrogens (tertiary/aromatic N) is 5. The number of imidazole rings is 1. The summed E-state index contributed by atoms with van der Waals surface area (Å²) in [4.78, 5) is 19.1. The van der Waals surface area contributed by atoms with Gasteiger partial charge in [-0.25, -0.2) is 4.98 Å². The summed E-state index contributed by atoms with van der Waals surface area (Å²) in [5, 5.41) is 6.74. The lowest BCUT2D eigenvalue weighted by Crippen LogP contribution is -2.05. The lowest BCUT2D eigenvalue weighted by Gasteiger charge is -2.03. The summed E-state index contributed by atoms with van der Waals surface area (Å²) in [5.41, 5.74) is 6.78. The highest BCUT2D eigenvalue weighted by atomic mass is 16.5. The number of aromatic nitrogens is 6. The van der Waals surface area contributed by atoms with Crippen molar-refractivity contribution in [2.24, 2.45) is 0 Å². The van der Waals surface area contributed by atoms with Crippen molar-refractivity contribution in [1.29, 1.82) is 0 Å². The first-order chi connectivity index (χ1) is 8.72. The van der Waals surface area contributed by atoms with Gasteiger partial charge in [0.2, 0.25) is 11.8 Å². The molecule has 3 aromatic heterocycles. The van der Waals surface area contributed by atoms with Crippen LogP contribution in [0.15, 0.2) is 10.9 Å². The Morgan fingerprint density at radius 2 is 2.28 bits per heavy atom. The van der Waals surface area contributed by atoms with Crippen LogP contribution in [0.2, 0.25) is 0 Å². The zero-order valence-electron chi connectivity index (χ0n) is 9.51. The lowest BCUT2D eigenvalue weighted by atomic mass is 10.4. The van der Waals surface area contributed by atoms with E-state index in [1.165, 1.54) is 6.33 Å². The number of rotatable bonds is 3. The minimum Gasteiger partial charge on any atom is -0.368 e. The number of nitrogen functional groups attached to an aromatic ring is 1. The molecule has 0 spiro atoms. The van der Waals surface area contributed by atoms with Crippen molar-refractivity contribution in [3.8, 4) is 0 Å². The highest BCUT2D eigenvalue weighted by molar-refractivity contribution is 5.83. The molecule has 0 aliphatic carbocycles. The molecule has 0 bridgehead atoms. The number of nitrogens with two attached hydrogens (primary N) is 1. The first kappa shape index (κ1) is 10.4. The summed E-state index contributed by atoms with van der Waals surface area (Å²) in [6.45, 7) is 2.11. The van der Waals surface area contributed by atoms with E-state index in [2.05, 4.69) is 35.4 Å². The van der Waals surface area contributed by atoms with Crippen molar-refractivity contribution < 1.29 is 4.52 Å². The van der Waals surface area contributed by atoms with Crippen LogP contribution in [0, 0.1) is 6.92 Å². The Labute approximate surface area is 101 Å². The number of hydrogen-bond acceptors (Lipinski definition) is 8. The quantitative estimate of drug-likeness (QED) is 0.598. The fraction of sp³-hybridized carbons (Fsp3) is 0.222. The molecule has 9 nitrogen and oxygen atoms in total. The van der Waals surface area contributed by atoms with E-state index in [0.29, 0.717) is 35.2 Å². The molecule has 0 radical (unpaired) electrons. The lowest BCUT2D eigenvalue weighted by molar-refractivity contribution is 0.379. The molecule has 0 atom stereocenters. The van der Waals surface area contributed by atoms with Gasteiger partial charge in [0.1, 0.15) is 5.52 Å². The first-order valence-corrected chi connectivity index (χ1v) is 5.22. The molecular weight excluding hydrogens is 236 g/mol. The van der Waals surface area contributed by atoms with E-state index in [9.17, 15) is 0 Å². The molecule has 0 saturated heterocycles. The third-order valence-electron chi connectivity index (χ3n) is 2.28. The number of aromatic amines is 1. The van der Waals surface area contributed by atoms with Gasteiger partial charge < -0.3 is 20.6 Å². The molecule has 9 heteroatoms. The van der Waals surface area contributed by atoms with Crippen LogP contribution in [0.4, 0.5) is 11.8 Å². The van der Waals surface area contributed by atoms with Crippen molar-refractivity contribution in [2.45, 2.75) is 13.5 Å². The largest absolute Gasteiger partial charge is 0.368 e. The standard InChI is InChI=1S/C9H10N8O/c1-4-14-5(18-17-4)2-11-7-6-8(13-3-12-6)16-9(10)15-7/h3H,2H2,1H3,(H4,10,11,12,13,15,16). The topological polar surface area (TPSA) is 131 Å². The Bertz CT molecular complexity index is 687. The van der Waals surface area contributed by atoms with Crippen LogP contribution in [0.1, 0.15) is 11.7 Å². The van der Waals surface area contributed by atoms with E-state index in [-0.39, 0.29) is 5.95 Å². The van der Waals surface area contributed by atoms with Crippen LogP contribution in [0.25, 0.3) is 11.2 Å². The second-order valence-electron chi connectivity index (χ2n) is 3.62. The van der Waals surface area contributed by atoms with Crippen molar-refractivity contribution in [2.75, 3.05) is 11.1 Å². The highest BCUT2D eigenvalue weighted by Gasteiger charge is 2.09. The van der Waals surface area contributed by atoms with Crippen LogP contribution in [0.3, 0.4) is 0 Å². The Morgan fingerprint density at radius 3 is 3.06 bits per heavy atom. The van der Waals surface area contributed by atoms with E-state index in [4.69, 9.17) is 10.3 Å². The van der Waals surface area contributed by atoms with Gasteiger partial charge in [-0.15, -0.1) is 0 Å². The first-order valence-electron chi connectivity index (χ1n) is 5.22. The van der Waals surface area contributed by atoms with Crippen molar-refractivity contribution in [3.05, 3.63) is 18.0 Å². The summed E-state index contributed by atoms with van der Waals surface area (Å²) in [6.07, 6.45) is 1.53.